The zero-order chi connectivity index (χ0) is 16.4. The van der Waals surface area contributed by atoms with E-state index in [4.69, 9.17) is 21.3 Å². The number of carboxylic acids is 1. The van der Waals surface area contributed by atoms with Gasteiger partial charge in [0.1, 0.15) is 5.75 Å². The molecule has 0 radical (unpaired) electrons. The van der Waals surface area contributed by atoms with Gasteiger partial charge >= 0.3 is 5.97 Å². The van der Waals surface area contributed by atoms with E-state index >= 15 is 0 Å². The first kappa shape index (κ1) is 17.8. The number of unbranched alkanes of at least 4 members (excludes halogenated alkanes) is 3. The third kappa shape index (κ3) is 6.47. The average Bonchev–Trinajstić information content (AvgIpc) is 2.49. The maximum absolute atomic E-state index is 11.1. The predicted octanol–water partition coefficient (Wildman–Crippen LogP) is 2.16. The number of nitrogens with two attached hydrogens (primary N) is 2. The van der Waals surface area contributed by atoms with E-state index in [0.29, 0.717) is 25.1 Å². The number of aryl methyl sites for hydroxylation is 1. The van der Waals surface area contributed by atoms with Crippen LogP contribution in [0.1, 0.15) is 48.5 Å². The SMILES string of the molecule is CCc1cc(OCCCCCCN=C(N)N)ccc1C(=O)O. The van der Waals surface area contributed by atoms with Gasteiger partial charge in [-0.15, -0.1) is 0 Å². The molecule has 0 aromatic heterocycles. The Balaban J connectivity index is 2.28. The van der Waals surface area contributed by atoms with Crippen LogP contribution in [-0.2, 0) is 6.42 Å². The molecular weight excluding hydrogens is 282 g/mol. The molecule has 0 spiro atoms. The molecule has 0 amide bonds. The van der Waals surface area contributed by atoms with E-state index in [-0.39, 0.29) is 5.96 Å². The second-order valence-corrected chi connectivity index (χ2v) is 5.05. The van der Waals surface area contributed by atoms with Crippen molar-refractivity contribution in [2.24, 2.45) is 16.5 Å². The summed E-state index contributed by atoms with van der Waals surface area (Å²) in [5.74, 6) is -0.0357. The van der Waals surface area contributed by atoms with Gasteiger partial charge in [-0.1, -0.05) is 13.3 Å². The first-order valence-electron chi connectivity index (χ1n) is 7.59. The standard InChI is InChI=1S/C16H25N3O3/c1-2-12-11-13(7-8-14(12)15(20)21)22-10-6-4-3-5-9-19-16(17)18/h7-8,11H,2-6,9-10H2,1H3,(H,20,21)(H4,17,18,19). The molecule has 6 nitrogen and oxygen atoms in total. The Morgan fingerprint density at radius 3 is 2.59 bits per heavy atom. The summed E-state index contributed by atoms with van der Waals surface area (Å²) in [7, 11) is 0. The lowest BCUT2D eigenvalue weighted by Gasteiger charge is -2.09. The van der Waals surface area contributed by atoms with Crippen molar-refractivity contribution in [3.05, 3.63) is 29.3 Å². The predicted molar refractivity (Wildman–Crippen MR) is 87.4 cm³/mol. The Hall–Kier alpha value is -2.24. The molecule has 0 aliphatic carbocycles. The van der Waals surface area contributed by atoms with E-state index in [2.05, 4.69) is 4.99 Å². The van der Waals surface area contributed by atoms with E-state index in [1.165, 1.54) is 0 Å². The van der Waals surface area contributed by atoms with Crippen molar-refractivity contribution in [3.63, 3.8) is 0 Å². The van der Waals surface area contributed by atoms with E-state index in [1.807, 2.05) is 13.0 Å². The van der Waals surface area contributed by atoms with Crippen molar-refractivity contribution in [2.75, 3.05) is 13.2 Å². The normalized spacial score (nSPS) is 10.2. The highest BCUT2D eigenvalue weighted by molar-refractivity contribution is 5.89. The fourth-order valence-corrected chi connectivity index (χ4v) is 2.13. The lowest BCUT2D eigenvalue weighted by atomic mass is 10.1. The van der Waals surface area contributed by atoms with Gasteiger partial charge in [0.2, 0.25) is 0 Å². The number of carboxylic acid groups (broad SMARTS) is 1. The van der Waals surface area contributed by atoms with Crippen LogP contribution in [0.5, 0.6) is 5.75 Å². The summed E-state index contributed by atoms with van der Waals surface area (Å²) in [6, 6.07) is 5.12. The zero-order valence-corrected chi connectivity index (χ0v) is 13.0. The molecule has 0 aliphatic rings. The molecule has 22 heavy (non-hydrogen) atoms. The maximum atomic E-state index is 11.1. The number of nitrogens with zero attached hydrogens (tertiary/aromatic N) is 1. The Morgan fingerprint density at radius 2 is 1.95 bits per heavy atom. The first-order chi connectivity index (χ1) is 10.5. The van der Waals surface area contributed by atoms with Crippen LogP contribution in [0.2, 0.25) is 0 Å². The van der Waals surface area contributed by atoms with Gasteiger partial charge in [0, 0.05) is 6.54 Å². The highest BCUT2D eigenvalue weighted by atomic mass is 16.5. The second-order valence-electron chi connectivity index (χ2n) is 5.05. The fourth-order valence-electron chi connectivity index (χ4n) is 2.13. The van der Waals surface area contributed by atoms with Crippen molar-refractivity contribution in [1.82, 2.24) is 0 Å². The third-order valence-electron chi connectivity index (χ3n) is 3.30. The number of rotatable bonds is 10. The molecule has 0 fully saturated rings. The van der Waals surface area contributed by atoms with Crippen LogP contribution in [0, 0.1) is 0 Å². The molecule has 0 heterocycles. The zero-order valence-electron chi connectivity index (χ0n) is 13.0. The van der Waals surface area contributed by atoms with Crippen LogP contribution >= 0.6 is 0 Å². The highest BCUT2D eigenvalue weighted by Gasteiger charge is 2.09. The monoisotopic (exact) mass is 307 g/mol. The Labute approximate surface area is 131 Å². The fraction of sp³-hybridized carbons (Fsp3) is 0.500. The Morgan fingerprint density at radius 1 is 1.23 bits per heavy atom. The minimum atomic E-state index is -0.899. The third-order valence-corrected chi connectivity index (χ3v) is 3.30. The average molecular weight is 307 g/mol. The van der Waals surface area contributed by atoms with Crippen LogP contribution in [0.25, 0.3) is 0 Å². The molecule has 0 saturated carbocycles. The molecule has 0 unspecified atom stereocenters. The Kier molecular flexibility index (Phi) is 7.81. The summed E-state index contributed by atoms with van der Waals surface area (Å²) >= 11 is 0. The second kappa shape index (κ2) is 9.65. The summed E-state index contributed by atoms with van der Waals surface area (Å²) in [6.45, 7) is 3.22. The van der Waals surface area contributed by atoms with E-state index in [9.17, 15) is 4.79 Å². The summed E-state index contributed by atoms with van der Waals surface area (Å²) in [5.41, 5.74) is 11.6. The topological polar surface area (TPSA) is 111 Å². The van der Waals surface area contributed by atoms with Crippen LogP contribution in [0.3, 0.4) is 0 Å². The molecule has 1 aromatic rings. The van der Waals surface area contributed by atoms with E-state index < -0.39 is 5.97 Å². The van der Waals surface area contributed by atoms with Crippen LogP contribution < -0.4 is 16.2 Å². The van der Waals surface area contributed by atoms with Gasteiger partial charge in [0.15, 0.2) is 5.96 Å². The number of carbonyl (C=O) groups is 1. The summed E-state index contributed by atoms with van der Waals surface area (Å²) in [4.78, 5) is 15.0. The molecule has 1 rings (SSSR count). The van der Waals surface area contributed by atoms with Gasteiger partial charge in [-0.05, 0) is 49.4 Å². The molecule has 5 N–H and O–H groups in total. The lowest BCUT2D eigenvalue weighted by molar-refractivity contribution is 0.0695. The van der Waals surface area contributed by atoms with Crippen LogP contribution in [0.15, 0.2) is 23.2 Å². The molecule has 0 atom stereocenters. The summed E-state index contributed by atoms with van der Waals surface area (Å²) < 4.78 is 5.67. The quantitative estimate of drug-likeness (QED) is 0.348. The van der Waals surface area contributed by atoms with Crippen LogP contribution in [0.4, 0.5) is 0 Å². The summed E-state index contributed by atoms with van der Waals surface area (Å²) in [6.07, 6.45) is 4.69. The van der Waals surface area contributed by atoms with Gasteiger partial charge in [-0.2, -0.15) is 0 Å². The van der Waals surface area contributed by atoms with Gasteiger partial charge in [-0.3, -0.25) is 4.99 Å². The maximum Gasteiger partial charge on any atom is 0.335 e. The van der Waals surface area contributed by atoms with E-state index in [0.717, 1.165) is 37.0 Å². The van der Waals surface area contributed by atoms with Gasteiger partial charge in [0.25, 0.3) is 0 Å². The molecule has 122 valence electrons. The molecule has 1 aromatic carbocycles. The minimum absolute atomic E-state index is 0.139. The van der Waals surface area contributed by atoms with Gasteiger partial charge in [-0.25, -0.2) is 4.79 Å². The smallest absolute Gasteiger partial charge is 0.335 e. The Bertz CT molecular complexity index is 511. The summed E-state index contributed by atoms with van der Waals surface area (Å²) in [5, 5.41) is 9.07. The first-order valence-corrected chi connectivity index (χ1v) is 7.59. The molecule has 0 saturated heterocycles. The van der Waals surface area contributed by atoms with Crippen LogP contribution in [-0.4, -0.2) is 30.2 Å². The largest absolute Gasteiger partial charge is 0.494 e. The molecule has 6 heteroatoms. The minimum Gasteiger partial charge on any atom is -0.494 e. The number of ether oxygens (including phenoxy) is 1. The number of guanidine groups is 1. The molecule has 0 aliphatic heterocycles. The number of aliphatic imine (C=N–C) groups is 1. The van der Waals surface area contributed by atoms with Crippen molar-refractivity contribution >= 4 is 11.9 Å². The number of hydrogen-bond donors (Lipinski definition) is 3. The van der Waals surface area contributed by atoms with Crippen molar-refractivity contribution in [2.45, 2.75) is 39.0 Å². The molecular formula is C16H25N3O3. The highest BCUT2D eigenvalue weighted by Crippen LogP contribution is 2.19. The van der Waals surface area contributed by atoms with Crippen molar-refractivity contribution in [3.8, 4) is 5.75 Å². The van der Waals surface area contributed by atoms with Crippen molar-refractivity contribution in [1.29, 1.82) is 0 Å². The lowest BCUT2D eigenvalue weighted by Crippen LogP contribution is -2.22. The van der Waals surface area contributed by atoms with Gasteiger partial charge in [0.05, 0.1) is 12.2 Å². The number of aromatic carboxylic acids is 1. The number of hydrogen-bond acceptors (Lipinski definition) is 3. The van der Waals surface area contributed by atoms with Crippen molar-refractivity contribution < 1.29 is 14.6 Å². The van der Waals surface area contributed by atoms with E-state index in [1.54, 1.807) is 12.1 Å². The van der Waals surface area contributed by atoms with Gasteiger partial charge < -0.3 is 21.3 Å². The molecule has 0 bridgehead atoms. The number of benzene rings is 1.